The van der Waals surface area contributed by atoms with Crippen molar-refractivity contribution in [2.45, 2.75) is 6.42 Å². The van der Waals surface area contributed by atoms with Gasteiger partial charge in [-0.3, -0.25) is 0 Å². The van der Waals surface area contributed by atoms with Crippen LogP contribution in [0.2, 0.25) is 10.0 Å². The number of hydrogen-bond acceptors (Lipinski definition) is 3. The summed E-state index contributed by atoms with van der Waals surface area (Å²) in [5.74, 6) is 1.38. The Labute approximate surface area is 179 Å². The van der Waals surface area contributed by atoms with Gasteiger partial charge in [0, 0.05) is 56.2 Å². The molecule has 0 saturated carbocycles. The molecule has 4 nitrogen and oxygen atoms in total. The molecule has 5 rings (SSSR count). The zero-order valence-electron chi connectivity index (χ0n) is 15.8. The molecular formula is C23H21Cl2N3O. The summed E-state index contributed by atoms with van der Waals surface area (Å²) in [6.45, 7) is 2.77. The highest BCUT2D eigenvalue weighted by Gasteiger charge is 2.17. The van der Waals surface area contributed by atoms with E-state index in [2.05, 4.69) is 27.8 Å². The van der Waals surface area contributed by atoms with E-state index in [4.69, 9.17) is 27.9 Å². The highest BCUT2D eigenvalue weighted by atomic mass is 35.5. The molecule has 148 valence electrons. The predicted octanol–water partition coefficient (Wildman–Crippen LogP) is 6.36. The summed E-state index contributed by atoms with van der Waals surface area (Å²) >= 11 is 12.3. The Morgan fingerprint density at radius 1 is 0.931 bits per heavy atom. The molecule has 1 unspecified atom stereocenters. The van der Waals surface area contributed by atoms with Crippen molar-refractivity contribution >= 4 is 56.4 Å². The number of halogens is 2. The van der Waals surface area contributed by atoms with Gasteiger partial charge in [0.1, 0.15) is 5.75 Å². The third-order valence-corrected chi connectivity index (χ3v) is 5.89. The summed E-state index contributed by atoms with van der Waals surface area (Å²) in [6, 6.07) is 17.8. The van der Waals surface area contributed by atoms with Crippen molar-refractivity contribution in [3.8, 4) is 5.75 Å². The Morgan fingerprint density at radius 3 is 2.55 bits per heavy atom. The van der Waals surface area contributed by atoms with Crippen molar-refractivity contribution in [2.75, 3.05) is 25.0 Å². The molecule has 1 saturated heterocycles. The van der Waals surface area contributed by atoms with Gasteiger partial charge in [-0.15, -0.1) is 0 Å². The van der Waals surface area contributed by atoms with Gasteiger partial charge in [-0.05, 0) is 61.5 Å². The zero-order chi connectivity index (χ0) is 19.8. The van der Waals surface area contributed by atoms with Gasteiger partial charge in [-0.2, -0.15) is 0 Å². The number of fused-ring (bicyclic) bond motifs is 3. The number of aromatic nitrogens is 1. The second-order valence-electron chi connectivity index (χ2n) is 7.51. The second kappa shape index (κ2) is 7.79. The first-order valence-corrected chi connectivity index (χ1v) is 10.5. The van der Waals surface area contributed by atoms with Crippen LogP contribution in [0, 0.1) is 5.92 Å². The number of benzene rings is 3. The molecule has 1 aliphatic heterocycles. The van der Waals surface area contributed by atoms with Gasteiger partial charge in [0.25, 0.3) is 0 Å². The van der Waals surface area contributed by atoms with E-state index in [0.29, 0.717) is 22.6 Å². The summed E-state index contributed by atoms with van der Waals surface area (Å²) in [6.07, 6.45) is 1.15. The van der Waals surface area contributed by atoms with Crippen LogP contribution >= 0.6 is 23.2 Å². The summed E-state index contributed by atoms with van der Waals surface area (Å²) in [4.78, 5) is 3.50. The molecular weight excluding hydrogens is 405 g/mol. The van der Waals surface area contributed by atoms with Crippen molar-refractivity contribution < 1.29 is 4.74 Å². The Balaban J connectivity index is 1.57. The highest BCUT2D eigenvalue weighted by Crippen LogP contribution is 2.37. The van der Waals surface area contributed by atoms with Crippen LogP contribution < -0.4 is 15.4 Å². The molecule has 1 fully saturated rings. The van der Waals surface area contributed by atoms with Crippen LogP contribution in [-0.2, 0) is 0 Å². The largest absolute Gasteiger partial charge is 0.491 e. The summed E-state index contributed by atoms with van der Waals surface area (Å²) in [5, 5.41) is 10.5. The lowest BCUT2D eigenvalue weighted by Crippen LogP contribution is -2.15. The van der Waals surface area contributed by atoms with E-state index in [1.165, 1.54) is 0 Å². The maximum Gasteiger partial charge on any atom is 0.145 e. The van der Waals surface area contributed by atoms with Crippen LogP contribution in [0.1, 0.15) is 6.42 Å². The standard InChI is InChI=1S/C23H21Cl2N3O/c24-15-1-4-17(5-2-15)27-18-10-20-19-9-16(25)3-6-21(19)28-23(20)22(11-18)29-13-14-7-8-26-12-14/h1-6,9-11,14,26-28H,7-8,12-13H2. The smallest absolute Gasteiger partial charge is 0.145 e. The molecule has 1 atom stereocenters. The Hall–Kier alpha value is -2.40. The monoisotopic (exact) mass is 425 g/mol. The molecule has 0 spiro atoms. The second-order valence-corrected chi connectivity index (χ2v) is 8.39. The van der Waals surface area contributed by atoms with Crippen LogP contribution in [0.5, 0.6) is 5.75 Å². The summed E-state index contributed by atoms with van der Waals surface area (Å²) in [5.41, 5.74) is 3.97. The zero-order valence-corrected chi connectivity index (χ0v) is 17.3. The van der Waals surface area contributed by atoms with Crippen LogP contribution in [0.15, 0.2) is 54.6 Å². The minimum absolute atomic E-state index is 0.539. The van der Waals surface area contributed by atoms with Crippen molar-refractivity contribution in [3.63, 3.8) is 0 Å². The lowest BCUT2D eigenvalue weighted by molar-refractivity contribution is 0.262. The van der Waals surface area contributed by atoms with E-state index in [-0.39, 0.29) is 0 Å². The lowest BCUT2D eigenvalue weighted by atomic mass is 10.1. The van der Waals surface area contributed by atoms with E-state index < -0.39 is 0 Å². The average Bonchev–Trinajstić information content (AvgIpc) is 3.36. The molecule has 3 N–H and O–H groups in total. The topological polar surface area (TPSA) is 49.1 Å². The van der Waals surface area contributed by atoms with Crippen LogP contribution in [-0.4, -0.2) is 24.7 Å². The number of ether oxygens (including phenoxy) is 1. The van der Waals surface area contributed by atoms with Crippen LogP contribution in [0.3, 0.4) is 0 Å². The highest BCUT2D eigenvalue weighted by molar-refractivity contribution is 6.32. The fourth-order valence-electron chi connectivity index (χ4n) is 3.89. The number of rotatable bonds is 5. The molecule has 4 aromatic rings. The predicted molar refractivity (Wildman–Crippen MR) is 122 cm³/mol. The minimum Gasteiger partial charge on any atom is -0.491 e. The number of anilines is 2. The molecule has 2 heterocycles. The Kier molecular flexibility index (Phi) is 5.00. The average molecular weight is 426 g/mol. The normalized spacial score (nSPS) is 16.6. The van der Waals surface area contributed by atoms with Crippen molar-refractivity contribution in [1.82, 2.24) is 10.3 Å². The maximum absolute atomic E-state index is 6.30. The quantitative estimate of drug-likeness (QED) is 0.348. The first-order valence-electron chi connectivity index (χ1n) is 9.77. The molecule has 6 heteroatoms. The van der Waals surface area contributed by atoms with Crippen molar-refractivity contribution in [2.24, 2.45) is 5.92 Å². The lowest BCUT2D eigenvalue weighted by Gasteiger charge is -2.14. The maximum atomic E-state index is 6.30. The van der Waals surface area contributed by atoms with E-state index in [9.17, 15) is 0 Å². The van der Waals surface area contributed by atoms with E-state index in [1.54, 1.807) is 0 Å². The number of hydrogen-bond donors (Lipinski definition) is 3. The molecule has 0 amide bonds. The van der Waals surface area contributed by atoms with E-state index in [0.717, 1.165) is 58.4 Å². The van der Waals surface area contributed by atoms with Gasteiger partial charge < -0.3 is 20.4 Å². The van der Waals surface area contributed by atoms with Gasteiger partial charge in [-0.1, -0.05) is 23.2 Å². The third-order valence-electron chi connectivity index (χ3n) is 5.40. The minimum atomic E-state index is 0.539. The first-order chi connectivity index (χ1) is 14.2. The van der Waals surface area contributed by atoms with E-state index in [1.807, 2.05) is 42.5 Å². The SMILES string of the molecule is Clc1ccc(Nc2cc(OCC3CCNC3)c3[nH]c4ccc(Cl)cc4c3c2)cc1. The number of nitrogens with one attached hydrogen (secondary N) is 3. The molecule has 0 radical (unpaired) electrons. The number of aromatic amines is 1. The van der Waals surface area contributed by atoms with Crippen LogP contribution in [0.4, 0.5) is 11.4 Å². The Morgan fingerprint density at radius 2 is 1.76 bits per heavy atom. The van der Waals surface area contributed by atoms with E-state index >= 15 is 0 Å². The summed E-state index contributed by atoms with van der Waals surface area (Å²) < 4.78 is 6.30. The molecule has 0 bridgehead atoms. The first kappa shape index (κ1) is 18.6. The molecule has 29 heavy (non-hydrogen) atoms. The summed E-state index contributed by atoms with van der Waals surface area (Å²) in [7, 11) is 0. The van der Waals surface area contributed by atoms with Gasteiger partial charge in [0.2, 0.25) is 0 Å². The Bertz CT molecular complexity index is 1160. The third kappa shape index (κ3) is 3.88. The van der Waals surface area contributed by atoms with Gasteiger partial charge in [-0.25, -0.2) is 0 Å². The van der Waals surface area contributed by atoms with Crippen LogP contribution in [0.25, 0.3) is 21.8 Å². The molecule has 0 aliphatic carbocycles. The van der Waals surface area contributed by atoms with Gasteiger partial charge in [0.05, 0.1) is 12.1 Å². The van der Waals surface area contributed by atoms with Crippen molar-refractivity contribution in [3.05, 3.63) is 64.6 Å². The number of H-pyrrole nitrogens is 1. The fourth-order valence-corrected chi connectivity index (χ4v) is 4.19. The van der Waals surface area contributed by atoms with Crippen molar-refractivity contribution in [1.29, 1.82) is 0 Å². The van der Waals surface area contributed by atoms with Gasteiger partial charge >= 0.3 is 0 Å². The van der Waals surface area contributed by atoms with Gasteiger partial charge in [0.15, 0.2) is 0 Å². The fraction of sp³-hybridized carbons (Fsp3) is 0.217. The molecule has 1 aromatic heterocycles. The molecule has 3 aromatic carbocycles. The molecule has 1 aliphatic rings.